The van der Waals surface area contributed by atoms with E-state index in [0.717, 1.165) is 47.1 Å². The van der Waals surface area contributed by atoms with E-state index in [9.17, 15) is 0 Å². The lowest BCUT2D eigenvalue weighted by atomic mass is 10.1. The van der Waals surface area contributed by atoms with Crippen LogP contribution in [-0.2, 0) is 7.05 Å². The Hall–Kier alpha value is -2.15. The van der Waals surface area contributed by atoms with Crippen molar-refractivity contribution >= 4 is 38.3 Å². The summed E-state index contributed by atoms with van der Waals surface area (Å²) in [4.78, 5) is 11.2. The molecule has 0 amide bonds. The Kier molecular flexibility index (Phi) is 4.10. The predicted octanol–water partition coefficient (Wildman–Crippen LogP) is 3.21. The SMILES string of the molecule is Cn1cc(N2CCCC(Nc3ncnc4ccc(Br)cc34)C2)cn1. The third-order valence-electron chi connectivity index (χ3n) is 4.42. The van der Waals surface area contributed by atoms with Gasteiger partial charge in [0.1, 0.15) is 12.1 Å². The number of anilines is 2. The zero-order chi connectivity index (χ0) is 16.5. The number of halogens is 1. The molecule has 0 radical (unpaired) electrons. The first kappa shape index (κ1) is 15.4. The van der Waals surface area contributed by atoms with Crippen molar-refractivity contribution < 1.29 is 0 Å². The van der Waals surface area contributed by atoms with Crippen LogP contribution in [-0.4, -0.2) is 38.9 Å². The van der Waals surface area contributed by atoms with Gasteiger partial charge in [-0.25, -0.2) is 9.97 Å². The molecule has 24 heavy (non-hydrogen) atoms. The first-order valence-corrected chi connectivity index (χ1v) is 8.89. The van der Waals surface area contributed by atoms with Gasteiger partial charge in [-0.05, 0) is 31.0 Å². The molecule has 1 atom stereocenters. The molecule has 1 aromatic carbocycles. The van der Waals surface area contributed by atoms with E-state index in [1.807, 2.05) is 30.1 Å². The quantitative estimate of drug-likeness (QED) is 0.748. The summed E-state index contributed by atoms with van der Waals surface area (Å²) in [6.45, 7) is 2.02. The third-order valence-corrected chi connectivity index (χ3v) is 4.91. The van der Waals surface area contributed by atoms with Crippen LogP contribution in [0.1, 0.15) is 12.8 Å². The van der Waals surface area contributed by atoms with Crippen LogP contribution in [0.3, 0.4) is 0 Å². The molecule has 3 heterocycles. The highest BCUT2D eigenvalue weighted by Crippen LogP contribution is 2.26. The Balaban J connectivity index is 1.56. The zero-order valence-corrected chi connectivity index (χ0v) is 15.1. The van der Waals surface area contributed by atoms with Crippen LogP contribution in [0.15, 0.2) is 41.4 Å². The van der Waals surface area contributed by atoms with E-state index in [4.69, 9.17) is 0 Å². The maximum absolute atomic E-state index is 4.47. The Morgan fingerprint density at radius 2 is 2.21 bits per heavy atom. The highest BCUT2D eigenvalue weighted by Gasteiger charge is 2.21. The number of nitrogens with zero attached hydrogens (tertiary/aromatic N) is 5. The zero-order valence-electron chi connectivity index (χ0n) is 13.5. The van der Waals surface area contributed by atoms with Crippen molar-refractivity contribution in [3.63, 3.8) is 0 Å². The standard InChI is InChI=1S/C17H19BrN6/c1-23-10-14(8-21-23)24-6-2-3-13(9-24)22-17-15-7-12(18)4-5-16(15)19-11-20-17/h4-5,7-8,10-11,13H,2-3,6,9H2,1H3,(H,19,20,22). The lowest BCUT2D eigenvalue weighted by Gasteiger charge is -2.34. The molecule has 1 N–H and O–H groups in total. The van der Waals surface area contributed by atoms with E-state index in [-0.39, 0.29) is 0 Å². The fraction of sp³-hybridized carbons (Fsp3) is 0.353. The van der Waals surface area contributed by atoms with Gasteiger partial charge in [0.05, 0.1) is 17.4 Å². The van der Waals surface area contributed by atoms with Crippen LogP contribution < -0.4 is 10.2 Å². The van der Waals surface area contributed by atoms with Gasteiger partial charge in [-0.3, -0.25) is 4.68 Å². The van der Waals surface area contributed by atoms with Gasteiger partial charge in [-0.1, -0.05) is 15.9 Å². The first-order valence-electron chi connectivity index (χ1n) is 8.09. The fourth-order valence-electron chi connectivity index (χ4n) is 3.24. The Labute approximate surface area is 149 Å². The average Bonchev–Trinajstić information content (AvgIpc) is 3.02. The molecule has 4 rings (SSSR count). The highest BCUT2D eigenvalue weighted by molar-refractivity contribution is 9.10. The summed E-state index contributed by atoms with van der Waals surface area (Å²) in [7, 11) is 1.95. The van der Waals surface area contributed by atoms with Gasteiger partial charge in [0, 0.05) is 42.2 Å². The number of hydrogen-bond donors (Lipinski definition) is 1. The molecule has 0 spiro atoms. The Morgan fingerprint density at radius 3 is 3.04 bits per heavy atom. The maximum Gasteiger partial charge on any atom is 0.137 e. The molecule has 1 fully saturated rings. The van der Waals surface area contributed by atoms with Gasteiger partial charge in [0.15, 0.2) is 0 Å². The lowest BCUT2D eigenvalue weighted by molar-refractivity contribution is 0.529. The van der Waals surface area contributed by atoms with Crippen molar-refractivity contribution in [3.8, 4) is 0 Å². The molecule has 1 aliphatic heterocycles. The minimum Gasteiger partial charge on any atom is -0.367 e. The van der Waals surface area contributed by atoms with Crippen molar-refractivity contribution in [1.29, 1.82) is 0 Å². The number of rotatable bonds is 3. The summed E-state index contributed by atoms with van der Waals surface area (Å²) in [5, 5.41) is 8.94. The minimum atomic E-state index is 0.357. The van der Waals surface area contributed by atoms with Gasteiger partial charge in [-0.15, -0.1) is 0 Å². The van der Waals surface area contributed by atoms with Gasteiger partial charge < -0.3 is 10.2 Å². The molecule has 2 aromatic heterocycles. The highest BCUT2D eigenvalue weighted by atomic mass is 79.9. The van der Waals surface area contributed by atoms with Gasteiger partial charge >= 0.3 is 0 Å². The normalized spacial score (nSPS) is 18.1. The van der Waals surface area contributed by atoms with Crippen molar-refractivity contribution in [2.75, 3.05) is 23.3 Å². The van der Waals surface area contributed by atoms with Gasteiger partial charge in [-0.2, -0.15) is 5.10 Å². The van der Waals surface area contributed by atoms with E-state index in [2.05, 4.69) is 53.5 Å². The molecule has 1 unspecified atom stereocenters. The molecule has 0 saturated carbocycles. The van der Waals surface area contributed by atoms with Crippen molar-refractivity contribution in [2.45, 2.75) is 18.9 Å². The fourth-order valence-corrected chi connectivity index (χ4v) is 3.60. The van der Waals surface area contributed by atoms with Crippen LogP contribution in [0.25, 0.3) is 10.9 Å². The molecule has 7 heteroatoms. The Morgan fingerprint density at radius 1 is 1.29 bits per heavy atom. The maximum atomic E-state index is 4.47. The van der Waals surface area contributed by atoms with Crippen LogP contribution in [0.5, 0.6) is 0 Å². The topological polar surface area (TPSA) is 58.9 Å². The summed E-state index contributed by atoms with van der Waals surface area (Å²) < 4.78 is 2.88. The number of nitrogens with one attached hydrogen (secondary N) is 1. The molecule has 1 saturated heterocycles. The summed E-state index contributed by atoms with van der Waals surface area (Å²) in [5.74, 6) is 0.902. The number of fused-ring (bicyclic) bond motifs is 1. The average molecular weight is 387 g/mol. The molecule has 6 nitrogen and oxygen atoms in total. The van der Waals surface area contributed by atoms with Crippen LogP contribution >= 0.6 is 15.9 Å². The minimum absolute atomic E-state index is 0.357. The van der Waals surface area contributed by atoms with Gasteiger partial charge in [0.2, 0.25) is 0 Å². The summed E-state index contributed by atoms with van der Waals surface area (Å²) in [6.07, 6.45) is 7.91. The summed E-state index contributed by atoms with van der Waals surface area (Å²) >= 11 is 3.53. The summed E-state index contributed by atoms with van der Waals surface area (Å²) in [5.41, 5.74) is 2.13. The number of aromatic nitrogens is 4. The molecule has 124 valence electrons. The van der Waals surface area contributed by atoms with Crippen LogP contribution in [0, 0.1) is 0 Å². The first-order chi connectivity index (χ1) is 11.7. The van der Waals surface area contributed by atoms with E-state index in [0.29, 0.717) is 6.04 Å². The molecule has 0 bridgehead atoms. The smallest absolute Gasteiger partial charge is 0.137 e. The molecule has 1 aliphatic rings. The van der Waals surface area contributed by atoms with Crippen LogP contribution in [0.4, 0.5) is 11.5 Å². The second-order valence-corrected chi connectivity index (χ2v) is 7.10. The number of piperidine rings is 1. The van der Waals surface area contributed by atoms with Gasteiger partial charge in [0.25, 0.3) is 0 Å². The molecular formula is C17H19BrN6. The number of hydrogen-bond acceptors (Lipinski definition) is 5. The van der Waals surface area contributed by atoms with Crippen molar-refractivity contribution in [2.24, 2.45) is 7.05 Å². The van der Waals surface area contributed by atoms with E-state index >= 15 is 0 Å². The monoisotopic (exact) mass is 386 g/mol. The van der Waals surface area contributed by atoms with Crippen LogP contribution in [0.2, 0.25) is 0 Å². The predicted molar refractivity (Wildman–Crippen MR) is 99.3 cm³/mol. The molecule has 0 aliphatic carbocycles. The van der Waals surface area contributed by atoms with E-state index < -0.39 is 0 Å². The lowest BCUT2D eigenvalue weighted by Crippen LogP contribution is -2.42. The largest absolute Gasteiger partial charge is 0.367 e. The second-order valence-electron chi connectivity index (χ2n) is 6.19. The summed E-state index contributed by atoms with van der Waals surface area (Å²) in [6, 6.07) is 6.44. The van der Waals surface area contributed by atoms with Crippen molar-refractivity contribution in [3.05, 3.63) is 41.4 Å². The third kappa shape index (κ3) is 3.08. The number of aryl methyl sites for hydroxylation is 1. The molecular weight excluding hydrogens is 368 g/mol. The molecule has 3 aromatic rings. The van der Waals surface area contributed by atoms with E-state index in [1.165, 1.54) is 5.69 Å². The second kappa shape index (κ2) is 6.39. The Bertz CT molecular complexity index is 861. The number of benzene rings is 1. The van der Waals surface area contributed by atoms with E-state index in [1.54, 1.807) is 6.33 Å². The van der Waals surface area contributed by atoms with Crippen molar-refractivity contribution in [1.82, 2.24) is 19.7 Å².